The zero-order valence-electron chi connectivity index (χ0n) is 22.0. The summed E-state index contributed by atoms with van der Waals surface area (Å²) in [5, 5.41) is 11.6. The summed E-state index contributed by atoms with van der Waals surface area (Å²) in [7, 11) is 1.53. The fourth-order valence-corrected chi connectivity index (χ4v) is 5.29. The van der Waals surface area contributed by atoms with E-state index in [1.165, 1.54) is 18.1 Å². The van der Waals surface area contributed by atoms with Crippen LogP contribution in [0.4, 0.5) is 5.13 Å². The van der Waals surface area contributed by atoms with Crippen LogP contribution in [0.5, 0.6) is 11.5 Å². The molecule has 2 aromatic carbocycles. The molecule has 1 atom stereocenters. The van der Waals surface area contributed by atoms with Crippen molar-refractivity contribution >= 4 is 39.9 Å². The number of carbonyl (C=O) groups is 3. The van der Waals surface area contributed by atoms with E-state index in [0.717, 1.165) is 11.3 Å². The minimum Gasteiger partial charge on any atom is -0.507 e. The number of aliphatic hydroxyl groups is 1. The minimum absolute atomic E-state index is 0.0173. The lowest BCUT2D eigenvalue weighted by Crippen LogP contribution is -2.29. The molecule has 0 bridgehead atoms. The van der Waals surface area contributed by atoms with Gasteiger partial charge in [0.1, 0.15) is 28.7 Å². The van der Waals surface area contributed by atoms with E-state index in [9.17, 15) is 19.5 Å². The Labute approximate surface area is 230 Å². The number of aromatic nitrogens is 1. The van der Waals surface area contributed by atoms with E-state index >= 15 is 0 Å². The number of benzene rings is 2. The Hall–Kier alpha value is -4.44. The van der Waals surface area contributed by atoms with Gasteiger partial charge in [-0.3, -0.25) is 14.5 Å². The fraction of sp³-hybridized carbons (Fsp3) is 0.241. The molecule has 202 valence electrons. The number of anilines is 1. The molecule has 1 fully saturated rings. The number of ether oxygens (including phenoxy) is 3. The third-order valence-corrected chi connectivity index (χ3v) is 7.29. The zero-order chi connectivity index (χ0) is 28.3. The molecule has 1 N–H and O–H groups in total. The van der Waals surface area contributed by atoms with E-state index in [1.807, 2.05) is 6.92 Å². The summed E-state index contributed by atoms with van der Waals surface area (Å²) in [5.74, 6) is -1.48. The van der Waals surface area contributed by atoms with Crippen molar-refractivity contribution < 1.29 is 33.7 Å². The lowest BCUT2D eigenvalue weighted by molar-refractivity contribution is -0.132. The second-order valence-electron chi connectivity index (χ2n) is 8.65. The standard InChI is InChI=1S/C29H28N2O7S/c1-6-14-38-28(35)26-17(4)30-29(39-26)31-23(18-8-10-19(11-9-18)37-7-2)22(25(33)27(31)34)24(32)21-13-12-20(36-5)15-16(21)3/h6,8-13,15,23,32H,1,7,14H2,2-5H3/b24-22+. The van der Waals surface area contributed by atoms with Gasteiger partial charge in [0.25, 0.3) is 5.78 Å². The molecule has 4 rings (SSSR count). The van der Waals surface area contributed by atoms with Gasteiger partial charge in [-0.15, -0.1) is 0 Å². The Balaban J connectivity index is 1.89. The van der Waals surface area contributed by atoms with Crippen LogP contribution in [0.3, 0.4) is 0 Å². The highest BCUT2D eigenvalue weighted by Crippen LogP contribution is 2.44. The Morgan fingerprint density at radius 3 is 2.46 bits per heavy atom. The number of carbonyl (C=O) groups excluding carboxylic acids is 3. The van der Waals surface area contributed by atoms with Gasteiger partial charge < -0.3 is 19.3 Å². The van der Waals surface area contributed by atoms with E-state index in [2.05, 4.69) is 11.6 Å². The van der Waals surface area contributed by atoms with Crippen molar-refractivity contribution in [3.63, 3.8) is 0 Å². The lowest BCUT2D eigenvalue weighted by Gasteiger charge is -2.23. The lowest BCUT2D eigenvalue weighted by atomic mass is 9.94. The number of Topliss-reactive ketones (excluding diaryl/α,β-unsaturated/α-hetero) is 1. The van der Waals surface area contributed by atoms with E-state index in [0.29, 0.717) is 40.5 Å². The van der Waals surface area contributed by atoms with Gasteiger partial charge in [-0.1, -0.05) is 36.1 Å². The molecule has 2 heterocycles. The molecule has 1 unspecified atom stereocenters. The maximum atomic E-state index is 13.5. The van der Waals surface area contributed by atoms with Crippen LogP contribution >= 0.6 is 11.3 Å². The molecule has 0 radical (unpaired) electrons. The minimum atomic E-state index is -1.01. The van der Waals surface area contributed by atoms with Gasteiger partial charge in [-0.05, 0) is 62.2 Å². The van der Waals surface area contributed by atoms with Crippen LogP contribution < -0.4 is 14.4 Å². The molecule has 39 heavy (non-hydrogen) atoms. The van der Waals surface area contributed by atoms with Crippen molar-refractivity contribution in [1.82, 2.24) is 4.98 Å². The molecule has 3 aromatic rings. The highest BCUT2D eigenvalue weighted by molar-refractivity contribution is 7.17. The van der Waals surface area contributed by atoms with Gasteiger partial charge in [-0.2, -0.15) is 0 Å². The van der Waals surface area contributed by atoms with Gasteiger partial charge in [0.2, 0.25) is 0 Å². The summed E-state index contributed by atoms with van der Waals surface area (Å²) in [6, 6.07) is 10.9. The maximum absolute atomic E-state index is 13.5. The number of methoxy groups -OCH3 is 1. The van der Waals surface area contributed by atoms with Crippen molar-refractivity contribution in [1.29, 1.82) is 0 Å². The molecule has 0 aliphatic carbocycles. The van der Waals surface area contributed by atoms with Gasteiger partial charge >= 0.3 is 11.9 Å². The van der Waals surface area contributed by atoms with E-state index in [1.54, 1.807) is 56.3 Å². The number of hydrogen-bond acceptors (Lipinski definition) is 9. The molecule has 1 saturated heterocycles. The van der Waals surface area contributed by atoms with E-state index < -0.39 is 23.7 Å². The van der Waals surface area contributed by atoms with E-state index in [4.69, 9.17) is 14.2 Å². The van der Waals surface area contributed by atoms with Gasteiger partial charge in [0, 0.05) is 5.56 Å². The first-order valence-corrected chi connectivity index (χ1v) is 13.0. The number of esters is 1. The topological polar surface area (TPSA) is 115 Å². The predicted octanol–water partition coefficient (Wildman–Crippen LogP) is 5.14. The second kappa shape index (κ2) is 11.5. The SMILES string of the molecule is C=CCOC(=O)c1sc(N2C(=O)C(=O)/C(=C(/O)c3ccc(OC)cc3C)C2c2ccc(OCC)cc2)nc1C. The number of nitrogens with zero attached hydrogens (tertiary/aromatic N) is 2. The first kappa shape index (κ1) is 27.6. The molecule has 0 spiro atoms. The quantitative estimate of drug-likeness (QED) is 0.129. The molecular formula is C29H28N2O7S. The van der Waals surface area contributed by atoms with Crippen LogP contribution in [0.25, 0.3) is 5.76 Å². The number of hydrogen-bond donors (Lipinski definition) is 1. The number of ketones is 1. The summed E-state index contributed by atoms with van der Waals surface area (Å²) in [4.78, 5) is 45.4. The van der Waals surface area contributed by atoms with Crippen molar-refractivity contribution in [2.45, 2.75) is 26.8 Å². The summed E-state index contributed by atoms with van der Waals surface area (Å²) in [6.07, 6.45) is 1.45. The number of amides is 1. The Bertz CT molecular complexity index is 1470. The molecular weight excluding hydrogens is 520 g/mol. The number of aliphatic hydroxyl groups excluding tert-OH is 1. The van der Waals surface area contributed by atoms with Crippen molar-refractivity contribution in [2.75, 3.05) is 25.2 Å². The monoisotopic (exact) mass is 548 g/mol. The highest BCUT2D eigenvalue weighted by atomic mass is 32.1. The van der Waals surface area contributed by atoms with Crippen LogP contribution in [0, 0.1) is 13.8 Å². The number of thiazole rings is 1. The summed E-state index contributed by atoms with van der Waals surface area (Å²) >= 11 is 0.936. The maximum Gasteiger partial charge on any atom is 0.350 e. The molecule has 1 aliphatic heterocycles. The van der Waals surface area contributed by atoms with Crippen molar-refractivity contribution in [2.24, 2.45) is 0 Å². The Morgan fingerprint density at radius 2 is 1.85 bits per heavy atom. The Kier molecular flexibility index (Phi) is 8.15. The van der Waals surface area contributed by atoms with Gasteiger partial charge in [-0.25, -0.2) is 9.78 Å². The largest absolute Gasteiger partial charge is 0.507 e. The molecule has 10 heteroatoms. The number of aryl methyl sites for hydroxylation is 2. The molecule has 0 saturated carbocycles. The number of rotatable bonds is 9. The second-order valence-corrected chi connectivity index (χ2v) is 9.63. The van der Waals surface area contributed by atoms with Gasteiger partial charge in [0.05, 0.1) is 31.0 Å². The van der Waals surface area contributed by atoms with Crippen LogP contribution in [0.1, 0.15) is 45.0 Å². The molecule has 1 aromatic heterocycles. The summed E-state index contributed by atoms with van der Waals surface area (Å²) < 4.78 is 16.0. The first-order valence-electron chi connectivity index (χ1n) is 12.2. The third-order valence-electron chi connectivity index (χ3n) is 6.15. The first-order chi connectivity index (χ1) is 18.7. The normalized spacial score (nSPS) is 16.3. The zero-order valence-corrected chi connectivity index (χ0v) is 22.8. The van der Waals surface area contributed by atoms with Crippen molar-refractivity contribution in [3.05, 3.63) is 88.0 Å². The van der Waals surface area contributed by atoms with Crippen LogP contribution in [-0.4, -0.2) is 48.1 Å². The van der Waals surface area contributed by atoms with Crippen LogP contribution in [-0.2, 0) is 14.3 Å². The van der Waals surface area contributed by atoms with Crippen LogP contribution in [0.15, 0.2) is 60.7 Å². The fourth-order valence-electron chi connectivity index (χ4n) is 4.31. The molecule has 1 aliphatic rings. The summed E-state index contributed by atoms with van der Waals surface area (Å²) in [6.45, 7) is 9.28. The summed E-state index contributed by atoms with van der Waals surface area (Å²) in [5.41, 5.74) is 1.84. The highest BCUT2D eigenvalue weighted by Gasteiger charge is 2.48. The van der Waals surface area contributed by atoms with E-state index in [-0.39, 0.29) is 27.9 Å². The van der Waals surface area contributed by atoms with Crippen LogP contribution in [0.2, 0.25) is 0 Å². The smallest absolute Gasteiger partial charge is 0.350 e. The molecule has 9 nitrogen and oxygen atoms in total. The third kappa shape index (κ3) is 5.28. The van der Waals surface area contributed by atoms with Crippen molar-refractivity contribution in [3.8, 4) is 11.5 Å². The van der Waals surface area contributed by atoms with Gasteiger partial charge in [0.15, 0.2) is 5.13 Å². The average molecular weight is 549 g/mol. The molecule has 1 amide bonds. The Morgan fingerprint density at radius 1 is 1.15 bits per heavy atom. The average Bonchev–Trinajstić information content (AvgIpc) is 3.43. The predicted molar refractivity (Wildman–Crippen MR) is 147 cm³/mol.